The highest BCUT2D eigenvalue weighted by Crippen LogP contribution is 2.44. The first-order valence-corrected chi connectivity index (χ1v) is 32.3. The van der Waals surface area contributed by atoms with Gasteiger partial charge in [-0.1, -0.05) is 0 Å². The summed E-state index contributed by atoms with van der Waals surface area (Å²) in [5.41, 5.74) is -1.70. The van der Waals surface area contributed by atoms with Gasteiger partial charge in [-0.05, 0) is 220 Å². The quantitative estimate of drug-likeness (QED) is 0.173. The topological polar surface area (TPSA) is 158 Å². The van der Waals surface area contributed by atoms with Crippen molar-refractivity contribution in [2.75, 3.05) is 51.1 Å². The lowest BCUT2D eigenvalue weighted by molar-refractivity contribution is -0.0617. The summed E-state index contributed by atoms with van der Waals surface area (Å²) >= 11 is 0. The van der Waals surface area contributed by atoms with Crippen molar-refractivity contribution >= 4 is 11.9 Å². The predicted molar refractivity (Wildman–Crippen MR) is 341 cm³/mol. The minimum Gasteiger partial charge on any atom is -0.460 e. The number of rotatable bonds is 15. The van der Waals surface area contributed by atoms with Crippen LogP contribution in [0.2, 0.25) is 0 Å². The summed E-state index contributed by atoms with van der Waals surface area (Å²) in [6.45, 7) is 56.6. The first-order chi connectivity index (χ1) is 38.0. The first kappa shape index (κ1) is 66.5. The molecule has 8 heterocycles. The fraction of sp³-hybridized carbons (Fsp3) is 0.909. The summed E-state index contributed by atoms with van der Waals surface area (Å²) in [4.78, 5) is 46.9. The molecule has 6 saturated heterocycles. The lowest BCUT2D eigenvalue weighted by atomic mass is 9.78. The maximum absolute atomic E-state index is 7.12. The number of aromatic nitrogens is 6. The Morgan fingerprint density at radius 2 is 0.488 bits per heavy atom. The smallest absolute Gasteiger partial charge is 0.324 e. The zero-order chi connectivity index (χ0) is 62.8. The van der Waals surface area contributed by atoms with Gasteiger partial charge in [-0.25, -0.2) is 0 Å². The summed E-state index contributed by atoms with van der Waals surface area (Å²) in [5.74, 6) is 1.11. The van der Waals surface area contributed by atoms with Crippen LogP contribution in [0.3, 0.4) is 0 Å². The number of hydrogen-bond acceptors (Lipinski definition) is 18. The minimum absolute atomic E-state index is 0.0212. The second kappa shape index (κ2) is 22.3. The van der Waals surface area contributed by atoms with Crippen molar-refractivity contribution in [2.45, 2.75) is 346 Å². The Morgan fingerprint density at radius 3 is 0.667 bits per heavy atom. The van der Waals surface area contributed by atoms with Gasteiger partial charge in [-0.2, -0.15) is 19.9 Å². The van der Waals surface area contributed by atoms with Crippen molar-refractivity contribution in [3.05, 3.63) is 0 Å². The molecule has 0 spiro atoms. The first-order valence-electron chi connectivity index (χ1n) is 32.3. The molecule has 18 nitrogen and oxygen atoms in total. The molecule has 0 amide bonds. The maximum Gasteiger partial charge on any atom is 0.324 e. The van der Waals surface area contributed by atoms with Gasteiger partial charge in [0.25, 0.3) is 0 Å². The lowest BCUT2D eigenvalue weighted by Gasteiger charge is -2.53. The molecule has 6 aliphatic heterocycles. The number of likely N-dealkylation sites (tertiary alicyclic amines) is 4. The molecule has 84 heavy (non-hydrogen) atoms. The van der Waals surface area contributed by atoms with Gasteiger partial charge in [-0.15, -0.1) is 9.97 Å². The molecule has 8 rings (SSSR count). The Hall–Kier alpha value is -3.42. The van der Waals surface area contributed by atoms with E-state index in [9.17, 15) is 0 Å². The van der Waals surface area contributed by atoms with Crippen LogP contribution in [0.15, 0.2) is 0 Å². The van der Waals surface area contributed by atoms with Crippen LogP contribution < -0.4 is 39.4 Å². The van der Waals surface area contributed by atoms with E-state index in [-0.39, 0.29) is 103 Å². The van der Waals surface area contributed by atoms with E-state index >= 15 is 0 Å². The average Bonchev–Trinajstić information content (AvgIpc) is 1.11. The second-order valence-electron chi connectivity index (χ2n) is 35.0. The highest BCUT2D eigenvalue weighted by Gasteiger charge is 2.50. The fourth-order valence-electron chi connectivity index (χ4n) is 17.3. The van der Waals surface area contributed by atoms with E-state index in [1.807, 2.05) is 0 Å². The van der Waals surface area contributed by atoms with Gasteiger partial charge in [-0.3, -0.25) is 19.6 Å². The van der Waals surface area contributed by atoms with Gasteiger partial charge in [0.1, 0.15) is 24.4 Å². The highest BCUT2D eigenvalue weighted by molar-refractivity contribution is 5.40. The summed E-state index contributed by atoms with van der Waals surface area (Å²) in [7, 11) is 8.93. The Morgan fingerprint density at radius 1 is 0.310 bits per heavy atom. The third-order valence-electron chi connectivity index (χ3n) is 21.6. The molecular weight excluding hydrogens is 1050 g/mol. The molecule has 2 N–H and O–H groups in total. The third-order valence-corrected chi connectivity index (χ3v) is 21.6. The molecule has 6 aliphatic rings. The molecule has 0 bridgehead atoms. The van der Waals surface area contributed by atoms with Gasteiger partial charge in [0.15, 0.2) is 0 Å². The third kappa shape index (κ3) is 15.0. The SMILES string of the molecule is CN1C(C)(C)CC(Oc2nc(OC3CC(C)(C)N(C)C(C)(C)C3)nc(N(CCN(c3nc(OC4CC(C)(C)N(C)C(C)(C)C4)nc(OC4CC(C)(C)N(C)C(C)(C)C4)n3)C3CC(C)(C)NC(C)(C)C3)C3CC(C)(C)NC(C)(C)C3)n2)CC1(C)C. The van der Waals surface area contributed by atoms with Crippen LogP contribution in [0.5, 0.6) is 24.0 Å². The number of ether oxygens (including phenoxy) is 4. The number of anilines is 2. The van der Waals surface area contributed by atoms with Crippen molar-refractivity contribution < 1.29 is 18.9 Å². The molecule has 0 radical (unpaired) electrons. The molecule has 0 unspecified atom stereocenters. The van der Waals surface area contributed by atoms with E-state index in [0.29, 0.717) is 49.0 Å². The van der Waals surface area contributed by atoms with Crippen LogP contribution in [-0.4, -0.2) is 194 Å². The molecule has 2 aromatic heterocycles. The molecule has 6 fully saturated rings. The zero-order valence-corrected chi connectivity index (χ0v) is 58.4. The number of nitrogens with zero attached hydrogens (tertiary/aromatic N) is 12. The van der Waals surface area contributed by atoms with Crippen molar-refractivity contribution in [2.24, 2.45) is 0 Å². The Labute approximate surface area is 510 Å². The minimum atomic E-state index is -0.198. The normalized spacial score (nSPS) is 28.1. The van der Waals surface area contributed by atoms with E-state index in [1.165, 1.54) is 0 Å². The number of hydrogen-bond donors (Lipinski definition) is 2. The molecule has 0 aliphatic carbocycles. The van der Waals surface area contributed by atoms with Crippen molar-refractivity contribution in [3.8, 4) is 24.0 Å². The number of piperidine rings is 6. The van der Waals surface area contributed by atoms with Gasteiger partial charge in [0, 0.05) is 143 Å². The summed E-state index contributed by atoms with van der Waals surface area (Å²) in [6.07, 6.45) is 9.49. The van der Waals surface area contributed by atoms with Crippen molar-refractivity contribution in [1.29, 1.82) is 0 Å². The average molecular weight is 1170 g/mol. The maximum atomic E-state index is 7.12. The lowest BCUT2D eigenvalue weighted by Crippen LogP contribution is -2.64. The summed E-state index contributed by atoms with van der Waals surface area (Å²) < 4.78 is 28.5. The molecule has 18 heteroatoms. The number of nitrogens with one attached hydrogen (secondary N) is 2. The van der Waals surface area contributed by atoms with Crippen LogP contribution in [-0.2, 0) is 0 Å². The van der Waals surface area contributed by atoms with E-state index in [2.05, 4.69) is 234 Å². The standard InChI is InChI=1S/C66H120N14O4/c1-55(2)31-43(32-56(3,4)73-55)79(49-67-51(81-45-35-59(9,10)75(25)60(11,12)36-45)71-52(68-49)82-46-37-61(13,14)76(26)62(15,16)38-46)29-30-80(44-33-57(5,6)74-58(7,8)34-44)50-69-53(83-47-39-63(17,18)77(27)64(19,20)40-47)72-54(70-50)84-48-41-65(21,22)78(28)66(23,24)42-48/h43-48,73-74H,29-42H2,1-28H3. The monoisotopic (exact) mass is 1170 g/mol. The Kier molecular flexibility index (Phi) is 17.6. The summed E-state index contributed by atoms with van der Waals surface area (Å²) in [6, 6.07) is 1.27. The van der Waals surface area contributed by atoms with E-state index in [1.54, 1.807) is 0 Å². The zero-order valence-electron chi connectivity index (χ0n) is 58.4. The molecule has 0 atom stereocenters. The van der Waals surface area contributed by atoms with Crippen LogP contribution in [0.4, 0.5) is 11.9 Å². The van der Waals surface area contributed by atoms with E-state index in [4.69, 9.17) is 48.9 Å². The Bertz CT molecular complexity index is 2240. The van der Waals surface area contributed by atoms with E-state index < -0.39 is 0 Å². The Balaban J connectivity index is 1.27. The highest BCUT2D eigenvalue weighted by atomic mass is 16.5. The van der Waals surface area contributed by atoms with Crippen LogP contribution >= 0.6 is 0 Å². The van der Waals surface area contributed by atoms with Gasteiger partial charge < -0.3 is 39.4 Å². The molecule has 2 aromatic rings. The van der Waals surface area contributed by atoms with Crippen molar-refractivity contribution in [1.82, 2.24) is 60.1 Å². The fourth-order valence-corrected chi connectivity index (χ4v) is 17.3. The van der Waals surface area contributed by atoms with Gasteiger partial charge in [0.05, 0.1) is 0 Å². The molecule has 478 valence electrons. The van der Waals surface area contributed by atoms with Crippen LogP contribution in [0.25, 0.3) is 0 Å². The molecular formula is C66H120N14O4. The summed E-state index contributed by atoms with van der Waals surface area (Å²) in [5, 5.41) is 7.97. The van der Waals surface area contributed by atoms with Crippen molar-refractivity contribution in [3.63, 3.8) is 0 Å². The molecule has 0 saturated carbocycles. The van der Waals surface area contributed by atoms with Gasteiger partial charge in [0.2, 0.25) is 11.9 Å². The predicted octanol–water partition coefficient (Wildman–Crippen LogP) is 11.1. The molecule has 0 aromatic carbocycles. The van der Waals surface area contributed by atoms with Crippen LogP contribution in [0, 0.1) is 0 Å². The largest absolute Gasteiger partial charge is 0.460 e. The van der Waals surface area contributed by atoms with E-state index in [0.717, 1.165) is 77.0 Å². The second-order valence-corrected chi connectivity index (χ2v) is 35.0. The van der Waals surface area contributed by atoms with Crippen LogP contribution in [0.1, 0.15) is 243 Å². The van der Waals surface area contributed by atoms with Gasteiger partial charge >= 0.3 is 24.0 Å².